The Hall–Kier alpha value is -1.97. The average molecular weight is 271 g/mol. The van der Waals surface area contributed by atoms with Gasteiger partial charge in [-0.15, -0.1) is 0 Å². The second-order valence-corrected chi connectivity index (χ2v) is 5.09. The molecule has 0 spiro atoms. The van der Waals surface area contributed by atoms with Crippen LogP contribution in [-0.4, -0.2) is 23.4 Å². The lowest BCUT2D eigenvalue weighted by Gasteiger charge is -2.12. The standard InChI is InChI=1S/C16H21N3O/c1-3-13-12-8-6-7-11-17-16(12)19(18-13)14-9-4-5-10-15(14)20-2/h4-5,9-10,17H,3,6-8,11H2,1-2H3. The molecule has 0 atom stereocenters. The van der Waals surface area contributed by atoms with E-state index in [0.29, 0.717) is 0 Å². The molecule has 2 aromatic rings. The Balaban J connectivity index is 2.16. The van der Waals surface area contributed by atoms with Gasteiger partial charge in [0.25, 0.3) is 0 Å². The van der Waals surface area contributed by atoms with Gasteiger partial charge in [-0.1, -0.05) is 19.1 Å². The molecule has 0 bridgehead atoms. The Morgan fingerprint density at radius 2 is 2.15 bits per heavy atom. The molecule has 0 amide bonds. The first-order valence-electron chi connectivity index (χ1n) is 7.33. The van der Waals surface area contributed by atoms with Crippen molar-refractivity contribution in [3.8, 4) is 11.4 Å². The van der Waals surface area contributed by atoms with Gasteiger partial charge in [0.15, 0.2) is 0 Å². The van der Waals surface area contributed by atoms with Crippen LogP contribution >= 0.6 is 0 Å². The molecule has 0 saturated heterocycles. The van der Waals surface area contributed by atoms with Gasteiger partial charge in [0.1, 0.15) is 17.3 Å². The summed E-state index contributed by atoms with van der Waals surface area (Å²) in [4.78, 5) is 0. The van der Waals surface area contributed by atoms with Gasteiger partial charge in [0.2, 0.25) is 0 Å². The molecule has 4 heteroatoms. The van der Waals surface area contributed by atoms with Crippen LogP contribution in [0.15, 0.2) is 24.3 Å². The Morgan fingerprint density at radius 1 is 1.30 bits per heavy atom. The first-order valence-corrected chi connectivity index (χ1v) is 7.33. The summed E-state index contributed by atoms with van der Waals surface area (Å²) in [6, 6.07) is 8.04. The number of aromatic nitrogens is 2. The number of ether oxygens (including phenoxy) is 1. The van der Waals surface area contributed by atoms with Crippen molar-refractivity contribution in [1.82, 2.24) is 9.78 Å². The molecular weight excluding hydrogens is 250 g/mol. The number of fused-ring (bicyclic) bond motifs is 1. The number of hydrogen-bond acceptors (Lipinski definition) is 3. The summed E-state index contributed by atoms with van der Waals surface area (Å²) in [6.45, 7) is 3.18. The normalized spacial score (nSPS) is 14.3. The van der Waals surface area contributed by atoms with Crippen LogP contribution in [0.2, 0.25) is 0 Å². The minimum absolute atomic E-state index is 0.853. The number of aryl methyl sites for hydroxylation is 1. The molecule has 106 valence electrons. The van der Waals surface area contributed by atoms with Crippen molar-refractivity contribution < 1.29 is 4.74 Å². The van der Waals surface area contributed by atoms with Gasteiger partial charge in [-0.3, -0.25) is 0 Å². The molecule has 1 aliphatic heterocycles. The zero-order valence-corrected chi connectivity index (χ0v) is 12.1. The number of nitrogens with zero attached hydrogens (tertiary/aromatic N) is 2. The van der Waals surface area contributed by atoms with Crippen LogP contribution < -0.4 is 10.1 Å². The molecule has 0 radical (unpaired) electrons. The number of anilines is 1. The first kappa shape index (κ1) is 13.0. The van der Waals surface area contributed by atoms with E-state index in [1.165, 1.54) is 24.1 Å². The fourth-order valence-corrected chi connectivity index (χ4v) is 2.84. The molecule has 1 aromatic heterocycles. The van der Waals surface area contributed by atoms with Crippen molar-refractivity contribution in [2.75, 3.05) is 19.0 Å². The Morgan fingerprint density at radius 3 is 2.95 bits per heavy atom. The van der Waals surface area contributed by atoms with Crippen LogP contribution in [0.4, 0.5) is 5.82 Å². The molecule has 0 fully saturated rings. The highest BCUT2D eigenvalue weighted by molar-refractivity contribution is 5.58. The van der Waals surface area contributed by atoms with Gasteiger partial charge in [0.05, 0.1) is 12.8 Å². The molecule has 0 aliphatic carbocycles. The molecule has 4 nitrogen and oxygen atoms in total. The maximum atomic E-state index is 5.48. The predicted molar refractivity (Wildman–Crippen MR) is 80.9 cm³/mol. The second-order valence-electron chi connectivity index (χ2n) is 5.09. The van der Waals surface area contributed by atoms with E-state index in [1.807, 2.05) is 22.9 Å². The molecule has 0 saturated carbocycles. The lowest BCUT2D eigenvalue weighted by Crippen LogP contribution is -2.08. The number of para-hydroxylation sites is 2. The summed E-state index contributed by atoms with van der Waals surface area (Å²) in [5.74, 6) is 2.00. The van der Waals surface area contributed by atoms with Crippen molar-refractivity contribution in [2.45, 2.75) is 32.6 Å². The SMILES string of the molecule is CCc1nn(-c2ccccc2OC)c2c1CCCCN2. The molecule has 1 aliphatic rings. The minimum atomic E-state index is 0.853. The van der Waals surface area contributed by atoms with Gasteiger partial charge in [0, 0.05) is 12.1 Å². The van der Waals surface area contributed by atoms with Gasteiger partial charge in [-0.05, 0) is 37.8 Å². The van der Waals surface area contributed by atoms with Crippen LogP contribution in [-0.2, 0) is 12.8 Å². The lowest BCUT2D eigenvalue weighted by molar-refractivity contribution is 0.412. The topological polar surface area (TPSA) is 39.1 Å². The number of hydrogen-bond donors (Lipinski definition) is 1. The number of benzene rings is 1. The van der Waals surface area contributed by atoms with E-state index in [2.05, 4.69) is 18.3 Å². The zero-order valence-electron chi connectivity index (χ0n) is 12.1. The zero-order chi connectivity index (χ0) is 13.9. The summed E-state index contributed by atoms with van der Waals surface area (Å²) in [6.07, 6.45) is 4.52. The van der Waals surface area contributed by atoms with E-state index >= 15 is 0 Å². The van der Waals surface area contributed by atoms with Crippen molar-refractivity contribution in [1.29, 1.82) is 0 Å². The van der Waals surface area contributed by atoms with Crippen LogP contribution in [0.25, 0.3) is 5.69 Å². The largest absolute Gasteiger partial charge is 0.494 e. The van der Waals surface area contributed by atoms with Gasteiger partial charge in [-0.25, -0.2) is 4.68 Å². The Kier molecular flexibility index (Phi) is 3.63. The molecule has 3 rings (SSSR count). The highest BCUT2D eigenvalue weighted by Gasteiger charge is 2.20. The lowest BCUT2D eigenvalue weighted by atomic mass is 10.1. The van der Waals surface area contributed by atoms with E-state index in [-0.39, 0.29) is 0 Å². The summed E-state index contributed by atoms with van der Waals surface area (Å²) < 4.78 is 7.49. The van der Waals surface area contributed by atoms with Gasteiger partial charge in [-0.2, -0.15) is 5.10 Å². The Bertz CT molecular complexity index is 604. The van der Waals surface area contributed by atoms with Crippen LogP contribution in [0.5, 0.6) is 5.75 Å². The van der Waals surface area contributed by atoms with Crippen molar-refractivity contribution >= 4 is 5.82 Å². The first-order chi connectivity index (χ1) is 9.85. The molecule has 1 N–H and O–H groups in total. The van der Waals surface area contributed by atoms with E-state index < -0.39 is 0 Å². The third-order valence-electron chi connectivity index (χ3n) is 3.86. The molecule has 1 aromatic carbocycles. The smallest absolute Gasteiger partial charge is 0.144 e. The maximum Gasteiger partial charge on any atom is 0.144 e. The highest BCUT2D eigenvalue weighted by Crippen LogP contribution is 2.31. The van der Waals surface area contributed by atoms with Gasteiger partial charge >= 0.3 is 0 Å². The van der Waals surface area contributed by atoms with Crippen LogP contribution in [0, 0.1) is 0 Å². The summed E-state index contributed by atoms with van der Waals surface area (Å²) in [5, 5.41) is 8.35. The average Bonchev–Trinajstić information content (AvgIpc) is 2.68. The van der Waals surface area contributed by atoms with Crippen molar-refractivity contribution in [3.05, 3.63) is 35.5 Å². The fraction of sp³-hybridized carbons (Fsp3) is 0.438. The third kappa shape index (κ3) is 2.15. The van der Waals surface area contributed by atoms with E-state index in [9.17, 15) is 0 Å². The quantitative estimate of drug-likeness (QED) is 0.931. The van der Waals surface area contributed by atoms with Crippen molar-refractivity contribution in [3.63, 3.8) is 0 Å². The number of methoxy groups -OCH3 is 1. The summed E-state index contributed by atoms with van der Waals surface area (Å²) in [5.41, 5.74) is 3.57. The molecule has 0 unspecified atom stereocenters. The van der Waals surface area contributed by atoms with E-state index in [0.717, 1.165) is 36.6 Å². The number of nitrogens with one attached hydrogen (secondary N) is 1. The fourth-order valence-electron chi connectivity index (χ4n) is 2.84. The van der Waals surface area contributed by atoms with E-state index in [1.54, 1.807) is 7.11 Å². The predicted octanol–water partition coefficient (Wildman–Crippen LogP) is 3.19. The van der Waals surface area contributed by atoms with Crippen LogP contribution in [0.3, 0.4) is 0 Å². The monoisotopic (exact) mass is 271 g/mol. The van der Waals surface area contributed by atoms with Gasteiger partial charge < -0.3 is 10.1 Å². The highest BCUT2D eigenvalue weighted by atomic mass is 16.5. The van der Waals surface area contributed by atoms with Crippen LogP contribution in [0.1, 0.15) is 31.0 Å². The maximum absolute atomic E-state index is 5.48. The summed E-state index contributed by atoms with van der Waals surface area (Å²) >= 11 is 0. The molecule has 2 heterocycles. The number of rotatable bonds is 3. The van der Waals surface area contributed by atoms with Crippen molar-refractivity contribution in [2.24, 2.45) is 0 Å². The summed E-state index contributed by atoms with van der Waals surface area (Å²) in [7, 11) is 1.70. The van der Waals surface area contributed by atoms with E-state index in [4.69, 9.17) is 9.84 Å². The second kappa shape index (κ2) is 5.57. The minimum Gasteiger partial charge on any atom is -0.494 e. The third-order valence-corrected chi connectivity index (χ3v) is 3.86. The molecule has 20 heavy (non-hydrogen) atoms. The molecular formula is C16H21N3O. The Labute approximate surface area is 119 Å².